The number of carbonyl (C=O) groups excluding carboxylic acids is 3. The average Bonchev–Trinajstić information content (AvgIpc) is 3.01. The van der Waals surface area contributed by atoms with Gasteiger partial charge in [0.2, 0.25) is 11.8 Å². The van der Waals surface area contributed by atoms with E-state index in [1.54, 1.807) is 11.8 Å². The quantitative estimate of drug-likeness (QED) is 0.286. The number of allylic oxidation sites excluding steroid dienone is 1. The summed E-state index contributed by atoms with van der Waals surface area (Å²) in [5.41, 5.74) is 0. The maximum atomic E-state index is 13.4. The van der Waals surface area contributed by atoms with Crippen LogP contribution in [0.3, 0.4) is 0 Å². The highest BCUT2D eigenvalue weighted by Crippen LogP contribution is 2.45. The summed E-state index contributed by atoms with van der Waals surface area (Å²) in [4.78, 5) is 40.9. The van der Waals surface area contributed by atoms with Gasteiger partial charge in [-0.3, -0.25) is 14.4 Å². The predicted molar refractivity (Wildman–Crippen MR) is 114 cm³/mol. The lowest BCUT2D eigenvalue weighted by Gasteiger charge is -2.33. The maximum Gasteiger partial charge on any atom is 0.310 e. The molecule has 0 aromatic heterocycles. The van der Waals surface area contributed by atoms with E-state index < -0.39 is 17.9 Å². The van der Waals surface area contributed by atoms with Crippen molar-refractivity contribution in [2.24, 2.45) is 23.7 Å². The summed E-state index contributed by atoms with van der Waals surface area (Å²) < 4.78 is 5.33. The van der Waals surface area contributed by atoms with Gasteiger partial charge in [0, 0.05) is 25.6 Å². The molecule has 2 amide bonds. The highest BCUT2D eigenvalue weighted by atomic mass is 16.5. The molecule has 2 aliphatic rings. The topological polar surface area (TPSA) is 95.9 Å². The van der Waals surface area contributed by atoms with Crippen molar-refractivity contribution < 1.29 is 24.2 Å². The molecule has 1 fully saturated rings. The highest BCUT2D eigenvalue weighted by molar-refractivity contribution is 5.96. The number of hydrogen-bond acceptors (Lipinski definition) is 5. The molecule has 0 spiro atoms. The first-order valence-corrected chi connectivity index (χ1v) is 11.6. The van der Waals surface area contributed by atoms with Crippen LogP contribution in [0.5, 0.6) is 0 Å². The molecule has 7 nitrogen and oxygen atoms in total. The van der Waals surface area contributed by atoms with E-state index in [-0.39, 0.29) is 42.8 Å². The van der Waals surface area contributed by atoms with Gasteiger partial charge in [-0.05, 0) is 32.1 Å². The molecule has 7 heteroatoms. The van der Waals surface area contributed by atoms with Gasteiger partial charge in [0.15, 0.2) is 0 Å². The number of nitrogens with one attached hydrogen (secondary N) is 1. The average molecular weight is 423 g/mol. The number of amides is 2. The predicted octanol–water partition coefficient (Wildman–Crippen LogP) is 2.28. The van der Waals surface area contributed by atoms with Crippen LogP contribution in [-0.4, -0.2) is 60.1 Å². The molecule has 2 N–H and O–H groups in total. The van der Waals surface area contributed by atoms with Crippen LogP contribution in [0, 0.1) is 23.7 Å². The van der Waals surface area contributed by atoms with Crippen LogP contribution in [0.1, 0.15) is 59.3 Å². The third-order valence-corrected chi connectivity index (χ3v) is 6.20. The molecule has 1 saturated heterocycles. The zero-order valence-electron chi connectivity index (χ0n) is 18.6. The molecule has 2 rings (SSSR count). The Kier molecular flexibility index (Phi) is 9.82. The van der Waals surface area contributed by atoms with Gasteiger partial charge >= 0.3 is 5.97 Å². The van der Waals surface area contributed by atoms with Gasteiger partial charge in [-0.15, -0.1) is 0 Å². The fraction of sp³-hybridized carbons (Fsp3) is 0.783. The van der Waals surface area contributed by atoms with Crippen molar-refractivity contribution in [3.63, 3.8) is 0 Å². The van der Waals surface area contributed by atoms with E-state index in [2.05, 4.69) is 19.2 Å². The molecule has 0 bridgehead atoms. The van der Waals surface area contributed by atoms with Crippen molar-refractivity contribution in [1.29, 1.82) is 0 Å². The van der Waals surface area contributed by atoms with E-state index in [1.165, 1.54) is 0 Å². The second-order valence-electron chi connectivity index (χ2n) is 8.27. The number of nitrogens with zero attached hydrogens (tertiary/aromatic N) is 1. The number of esters is 1. The van der Waals surface area contributed by atoms with Gasteiger partial charge in [-0.1, -0.05) is 45.3 Å². The molecular formula is C23H38N2O5. The molecule has 1 aliphatic heterocycles. The molecule has 0 radical (unpaired) electrons. The lowest BCUT2D eigenvalue weighted by molar-refractivity contribution is -0.155. The summed E-state index contributed by atoms with van der Waals surface area (Å²) in [6.07, 6.45) is 9.05. The fourth-order valence-corrected chi connectivity index (χ4v) is 4.84. The van der Waals surface area contributed by atoms with Crippen LogP contribution in [0.2, 0.25) is 0 Å². The Labute approximate surface area is 180 Å². The zero-order chi connectivity index (χ0) is 22.1. The first-order chi connectivity index (χ1) is 14.5. The Morgan fingerprint density at radius 3 is 2.53 bits per heavy atom. The van der Waals surface area contributed by atoms with Crippen LogP contribution in [0.15, 0.2) is 12.2 Å². The lowest BCUT2D eigenvalue weighted by atomic mass is 9.69. The molecule has 0 unspecified atom stereocenters. The van der Waals surface area contributed by atoms with E-state index in [1.807, 2.05) is 12.2 Å². The van der Waals surface area contributed by atoms with Gasteiger partial charge < -0.3 is 20.1 Å². The minimum Gasteiger partial charge on any atom is -0.466 e. The minimum absolute atomic E-state index is 0.0560. The maximum absolute atomic E-state index is 13.4. The number of likely N-dealkylation sites (tertiary alicyclic amines) is 1. The Morgan fingerprint density at radius 1 is 1.13 bits per heavy atom. The van der Waals surface area contributed by atoms with Crippen LogP contribution in [-0.2, 0) is 19.1 Å². The Bertz CT molecular complexity index is 621. The zero-order valence-corrected chi connectivity index (χ0v) is 18.6. The van der Waals surface area contributed by atoms with Crippen molar-refractivity contribution in [1.82, 2.24) is 10.2 Å². The number of aliphatic hydroxyl groups is 1. The van der Waals surface area contributed by atoms with Crippen LogP contribution in [0.4, 0.5) is 0 Å². The van der Waals surface area contributed by atoms with Crippen molar-refractivity contribution in [3.8, 4) is 0 Å². The van der Waals surface area contributed by atoms with Crippen LogP contribution in [0.25, 0.3) is 0 Å². The van der Waals surface area contributed by atoms with Gasteiger partial charge in [0.05, 0.1) is 18.4 Å². The molecule has 1 aliphatic carbocycles. The minimum atomic E-state index is -0.647. The standard InChI is InChI=1S/C23H38N2O5/c1-4-7-8-13-24-21(27)20-17-12-11-16(10-5-2)18(23(29)30-6-3)19(17)22(28)25(20)14-9-15-26/h11-12,16-20,26H,4-10,13-15H2,1-3H3,(H,24,27)/t16-,17+,18-,19+,20+/m1/s1. The first kappa shape index (κ1) is 24.4. The molecule has 5 atom stereocenters. The number of carbonyl (C=O) groups is 3. The Balaban J connectivity index is 2.32. The summed E-state index contributed by atoms with van der Waals surface area (Å²) in [6.45, 7) is 7.01. The normalized spacial score (nSPS) is 27.8. The fourth-order valence-electron chi connectivity index (χ4n) is 4.84. The number of fused-ring (bicyclic) bond motifs is 1. The number of unbranched alkanes of at least 4 members (excludes halogenated alkanes) is 2. The third kappa shape index (κ3) is 5.42. The van der Waals surface area contributed by atoms with E-state index >= 15 is 0 Å². The number of rotatable bonds is 12. The van der Waals surface area contributed by atoms with Gasteiger partial charge in [0.1, 0.15) is 6.04 Å². The van der Waals surface area contributed by atoms with Gasteiger partial charge in [0.25, 0.3) is 0 Å². The van der Waals surface area contributed by atoms with Crippen molar-refractivity contribution >= 4 is 17.8 Å². The van der Waals surface area contributed by atoms with Crippen LogP contribution < -0.4 is 5.32 Å². The highest BCUT2D eigenvalue weighted by Gasteiger charge is 2.57. The molecule has 30 heavy (non-hydrogen) atoms. The monoisotopic (exact) mass is 422 g/mol. The van der Waals surface area contributed by atoms with E-state index in [0.29, 0.717) is 19.5 Å². The summed E-state index contributed by atoms with van der Waals surface area (Å²) in [5, 5.41) is 12.3. The third-order valence-electron chi connectivity index (χ3n) is 6.20. The largest absolute Gasteiger partial charge is 0.466 e. The van der Waals surface area contributed by atoms with Crippen molar-refractivity contribution in [2.75, 3.05) is 26.3 Å². The second-order valence-corrected chi connectivity index (χ2v) is 8.27. The smallest absolute Gasteiger partial charge is 0.310 e. The summed E-state index contributed by atoms with van der Waals surface area (Å²) >= 11 is 0. The number of ether oxygens (including phenoxy) is 1. The summed E-state index contributed by atoms with van der Waals surface area (Å²) in [7, 11) is 0. The number of hydrogen-bond donors (Lipinski definition) is 2. The Hall–Kier alpha value is -1.89. The van der Waals surface area contributed by atoms with E-state index in [4.69, 9.17) is 4.74 Å². The molecule has 170 valence electrons. The molecular weight excluding hydrogens is 384 g/mol. The SMILES string of the molecule is CCCCCNC(=O)[C@@H]1[C@H]2C=C[C@@H](CCC)[C@@H](C(=O)OCC)[C@H]2C(=O)N1CCCO. The van der Waals surface area contributed by atoms with Crippen molar-refractivity contribution in [3.05, 3.63) is 12.2 Å². The molecule has 1 heterocycles. The van der Waals surface area contributed by atoms with Gasteiger partial charge in [-0.2, -0.15) is 0 Å². The first-order valence-electron chi connectivity index (χ1n) is 11.6. The second kappa shape index (κ2) is 12.1. The van der Waals surface area contributed by atoms with E-state index in [9.17, 15) is 19.5 Å². The van der Waals surface area contributed by atoms with Gasteiger partial charge in [-0.25, -0.2) is 0 Å². The molecule has 0 saturated carbocycles. The van der Waals surface area contributed by atoms with Crippen molar-refractivity contribution in [2.45, 2.75) is 65.3 Å². The Morgan fingerprint density at radius 2 is 1.90 bits per heavy atom. The summed E-state index contributed by atoms with van der Waals surface area (Å²) in [5.74, 6) is -2.28. The number of aliphatic hydroxyl groups excluding tert-OH is 1. The van der Waals surface area contributed by atoms with E-state index in [0.717, 1.165) is 32.1 Å². The molecule has 0 aromatic rings. The molecule has 0 aromatic carbocycles. The summed E-state index contributed by atoms with van der Waals surface area (Å²) in [6, 6.07) is -0.647. The lowest BCUT2D eigenvalue weighted by Crippen LogP contribution is -2.48. The van der Waals surface area contributed by atoms with Crippen LogP contribution >= 0.6 is 0 Å².